The Balaban J connectivity index is 1.89. The molecule has 0 aliphatic carbocycles. The number of nitrogens with zero attached hydrogens (tertiary/aromatic N) is 2. The minimum Gasteiger partial charge on any atom is -0.303 e. The lowest BCUT2D eigenvalue weighted by Crippen LogP contribution is -2.28. The highest BCUT2D eigenvalue weighted by atomic mass is 15.2. The SMILES string of the molecule is CCN1C[C@H]2CN(CC)C[C@H]2C1. The van der Waals surface area contributed by atoms with Gasteiger partial charge in [0.25, 0.3) is 0 Å². The topological polar surface area (TPSA) is 6.48 Å². The smallest absolute Gasteiger partial charge is 0.00255 e. The van der Waals surface area contributed by atoms with Gasteiger partial charge in [-0.15, -0.1) is 0 Å². The third kappa shape index (κ3) is 1.38. The summed E-state index contributed by atoms with van der Waals surface area (Å²) in [4.78, 5) is 5.20. The van der Waals surface area contributed by atoms with Crippen molar-refractivity contribution >= 4 is 0 Å². The molecule has 0 N–H and O–H groups in total. The maximum atomic E-state index is 2.60. The van der Waals surface area contributed by atoms with Crippen molar-refractivity contribution < 1.29 is 0 Å². The van der Waals surface area contributed by atoms with Crippen LogP contribution in [0.3, 0.4) is 0 Å². The van der Waals surface area contributed by atoms with Crippen LogP contribution in [0, 0.1) is 11.8 Å². The Hall–Kier alpha value is -0.0800. The summed E-state index contributed by atoms with van der Waals surface area (Å²) in [6, 6.07) is 0. The molecule has 0 atom stereocenters. The Morgan fingerprint density at radius 2 is 1.17 bits per heavy atom. The largest absolute Gasteiger partial charge is 0.303 e. The van der Waals surface area contributed by atoms with Gasteiger partial charge in [-0.25, -0.2) is 0 Å². The van der Waals surface area contributed by atoms with Gasteiger partial charge in [0.15, 0.2) is 0 Å². The molecule has 0 saturated carbocycles. The summed E-state index contributed by atoms with van der Waals surface area (Å²) < 4.78 is 0. The molecular weight excluding hydrogens is 148 g/mol. The van der Waals surface area contributed by atoms with Crippen LogP contribution in [0.15, 0.2) is 0 Å². The lowest BCUT2D eigenvalue weighted by molar-refractivity contribution is 0.269. The molecule has 0 bridgehead atoms. The molecule has 0 amide bonds. The second-order valence-corrected chi connectivity index (χ2v) is 4.22. The van der Waals surface area contributed by atoms with Gasteiger partial charge in [-0.3, -0.25) is 0 Å². The zero-order chi connectivity index (χ0) is 8.55. The predicted octanol–water partition coefficient (Wildman–Crippen LogP) is 0.890. The van der Waals surface area contributed by atoms with Crippen molar-refractivity contribution in [3.05, 3.63) is 0 Å². The van der Waals surface area contributed by atoms with E-state index in [-0.39, 0.29) is 0 Å². The van der Waals surface area contributed by atoms with Crippen molar-refractivity contribution in [1.82, 2.24) is 9.80 Å². The van der Waals surface area contributed by atoms with Gasteiger partial charge in [-0.2, -0.15) is 0 Å². The fourth-order valence-electron chi connectivity index (χ4n) is 2.70. The summed E-state index contributed by atoms with van der Waals surface area (Å²) in [6.45, 7) is 12.5. The average Bonchev–Trinajstić information content (AvgIpc) is 2.59. The van der Waals surface area contributed by atoms with Gasteiger partial charge in [0, 0.05) is 26.2 Å². The summed E-state index contributed by atoms with van der Waals surface area (Å²) >= 11 is 0. The van der Waals surface area contributed by atoms with Crippen molar-refractivity contribution in [1.29, 1.82) is 0 Å². The van der Waals surface area contributed by atoms with E-state index in [4.69, 9.17) is 0 Å². The summed E-state index contributed by atoms with van der Waals surface area (Å²) in [5, 5.41) is 0. The molecule has 2 heteroatoms. The molecule has 12 heavy (non-hydrogen) atoms. The monoisotopic (exact) mass is 168 g/mol. The van der Waals surface area contributed by atoms with Crippen LogP contribution in [-0.4, -0.2) is 49.1 Å². The van der Waals surface area contributed by atoms with E-state index in [9.17, 15) is 0 Å². The lowest BCUT2D eigenvalue weighted by atomic mass is 10.0. The third-order valence-electron chi connectivity index (χ3n) is 3.53. The van der Waals surface area contributed by atoms with Gasteiger partial charge in [-0.1, -0.05) is 13.8 Å². The van der Waals surface area contributed by atoms with Crippen molar-refractivity contribution in [3.63, 3.8) is 0 Å². The van der Waals surface area contributed by atoms with E-state index in [2.05, 4.69) is 23.6 Å². The summed E-state index contributed by atoms with van der Waals surface area (Å²) in [5.74, 6) is 1.98. The van der Waals surface area contributed by atoms with Gasteiger partial charge >= 0.3 is 0 Å². The summed E-state index contributed by atoms with van der Waals surface area (Å²) in [7, 11) is 0. The van der Waals surface area contributed by atoms with Gasteiger partial charge in [0.05, 0.1) is 0 Å². The molecule has 2 rings (SSSR count). The maximum Gasteiger partial charge on any atom is 0.00255 e. The van der Waals surface area contributed by atoms with E-state index in [1.165, 1.54) is 39.3 Å². The number of rotatable bonds is 2. The van der Waals surface area contributed by atoms with Crippen LogP contribution in [0.1, 0.15) is 13.8 Å². The maximum absolute atomic E-state index is 2.60. The number of likely N-dealkylation sites (tertiary alicyclic amines) is 2. The molecule has 0 unspecified atom stereocenters. The minimum atomic E-state index is 0.991. The molecule has 2 saturated heterocycles. The first kappa shape index (κ1) is 8.52. The van der Waals surface area contributed by atoms with E-state index in [1.54, 1.807) is 0 Å². The van der Waals surface area contributed by atoms with Gasteiger partial charge in [0.2, 0.25) is 0 Å². The Bertz CT molecular complexity index is 128. The molecule has 2 aliphatic heterocycles. The van der Waals surface area contributed by atoms with E-state index in [0.29, 0.717) is 0 Å². The Morgan fingerprint density at radius 1 is 0.833 bits per heavy atom. The van der Waals surface area contributed by atoms with Crippen LogP contribution in [-0.2, 0) is 0 Å². The molecule has 0 radical (unpaired) electrons. The fraction of sp³-hybridized carbons (Fsp3) is 1.00. The van der Waals surface area contributed by atoms with Crippen LogP contribution >= 0.6 is 0 Å². The van der Waals surface area contributed by atoms with Crippen molar-refractivity contribution in [2.24, 2.45) is 11.8 Å². The second-order valence-electron chi connectivity index (χ2n) is 4.22. The van der Waals surface area contributed by atoms with Gasteiger partial charge in [0.1, 0.15) is 0 Å². The predicted molar refractivity (Wildman–Crippen MR) is 51.2 cm³/mol. The third-order valence-corrected chi connectivity index (χ3v) is 3.53. The lowest BCUT2D eigenvalue weighted by Gasteiger charge is -2.18. The van der Waals surface area contributed by atoms with Crippen molar-refractivity contribution in [2.45, 2.75) is 13.8 Å². The summed E-state index contributed by atoms with van der Waals surface area (Å²) in [6.07, 6.45) is 0. The normalized spacial score (nSPS) is 37.5. The Morgan fingerprint density at radius 3 is 1.42 bits per heavy atom. The van der Waals surface area contributed by atoms with E-state index < -0.39 is 0 Å². The van der Waals surface area contributed by atoms with Gasteiger partial charge in [-0.05, 0) is 24.9 Å². The highest BCUT2D eigenvalue weighted by molar-refractivity contribution is 4.92. The molecule has 2 aliphatic rings. The molecule has 2 nitrogen and oxygen atoms in total. The first-order chi connectivity index (χ1) is 5.83. The van der Waals surface area contributed by atoms with Crippen LogP contribution in [0.2, 0.25) is 0 Å². The second kappa shape index (κ2) is 3.35. The standard InChI is InChI=1S/C10H20N2/c1-3-11-5-9-7-12(4-2)8-10(9)6-11/h9-10H,3-8H2,1-2H3/t9-,10+. The van der Waals surface area contributed by atoms with Crippen LogP contribution in [0.4, 0.5) is 0 Å². The molecule has 2 heterocycles. The number of hydrogen-bond donors (Lipinski definition) is 0. The van der Waals surface area contributed by atoms with E-state index in [0.717, 1.165) is 11.8 Å². The molecular formula is C10H20N2. The number of hydrogen-bond acceptors (Lipinski definition) is 2. The van der Waals surface area contributed by atoms with Crippen molar-refractivity contribution in [2.75, 3.05) is 39.3 Å². The average molecular weight is 168 g/mol. The Labute approximate surface area is 75.5 Å². The minimum absolute atomic E-state index is 0.991. The molecule has 2 fully saturated rings. The van der Waals surface area contributed by atoms with E-state index >= 15 is 0 Å². The summed E-state index contributed by atoms with van der Waals surface area (Å²) in [5.41, 5.74) is 0. The fourth-order valence-corrected chi connectivity index (χ4v) is 2.70. The van der Waals surface area contributed by atoms with Crippen LogP contribution in [0.25, 0.3) is 0 Å². The zero-order valence-corrected chi connectivity index (χ0v) is 8.29. The van der Waals surface area contributed by atoms with Gasteiger partial charge < -0.3 is 9.80 Å². The van der Waals surface area contributed by atoms with Crippen molar-refractivity contribution in [3.8, 4) is 0 Å². The highest BCUT2D eigenvalue weighted by Crippen LogP contribution is 2.30. The van der Waals surface area contributed by atoms with Crippen LogP contribution < -0.4 is 0 Å². The molecule has 0 aromatic heterocycles. The quantitative estimate of drug-likeness (QED) is 0.604. The molecule has 0 spiro atoms. The molecule has 0 aromatic carbocycles. The first-order valence-electron chi connectivity index (χ1n) is 5.28. The van der Waals surface area contributed by atoms with Crippen LogP contribution in [0.5, 0.6) is 0 Å². The number of fused-ring (bicyclic) bond motifs is 1. The molecule has 70 valence electrons. The van der Waals surface area contributed by atoms with E-state index in [1.807, 2.05) is 0 Å². The highest BCUT2D eigenvalue weighted by Gasteiger charge is 2.38. The first-order valence-corrected chi connectivity index (χ1v) is 5.28. The Kier molecular flexibility index (Phi) is 2.37. The zero-order valence-electron chi connectivity index (χ0n) is 8.29. The molecule has 0 aromatic rings.